The van der Waals surface area contributed by atoms with Crippen molar-refractivity contribution in [1.29, 1.82) is 0 Å². The standard InChI is InChI=1S/2C19H33O4P.Ni/c2*1-8-9-10-14-13(12-24(21,22)23)11-15(18(2,3)4)17(20)16(14)19(5,6)7;/h2*11,20H,8-10,12H2,1-7H3,(H2,21,22,23);/q;;+4/p-4. The van der Waals surface area contributed by atoms with E-state index in [1.807, 2.05) is 83.1 Å². The van der Waals surface area contributed by atoms with E-state index in [0.717, 1.165) is 47.9 Å². The van der Waals surface area contributed by atoms with Crippen LogP contribution in [0.25, 0.3) is 0 Å². The van der Waals surface area contributed by atoms with Gasteiger partial charge in [-0.25, -0.2) is 0 Å². The number of aromatic hydroxyl groups is 2. The molecule has 11 heteroatoms. The molecule has 8 nitrogen and oxygen atoms in total. The Balaban J connectivity index is 0.000000922. The predicted octanol–water partition coefficient (Wildman–Crippen LogP) is 7.48. The fourth-order valence-corrected chi connectivity index (χ4v) is 7.67. The molecule has 0 heterocycles. The van der Waals surface area contributed by atoms with Gasteiger partial charge in [0.05, 0.1) is 0 Å². The second kappa shape index (κ2) is 17.6. The first-order chi connectivity index (χ1) is 21.4. The zero-order valence-corrected chi connectivity index (χ0v) is 35.1. The molecule has 0 spiro atoms. The molecule has 2 aromatic carbocycles. The summed E-state index contributed by atoms with van der Waals surface area (Å²) in [7, 11) is -9.38. The van der Waals surface area contributed by atoms with Crippen LogP contribution in [0.15, 0.2) is 12.1 Å². The molecule has 0 atom stereocenters. The van der Waals surface area contributed by atoms with Crippen LogP contribution >= 0.6 is 15.2 Å². The summed E-state index contributed by atoms with van der Waals surface area (Å²) < 4.78 is 22.9. The van der Waals surface area contributed by atoms with E-state index in [9.17, 15) is 38.9 Å². The molecule has 2 rings (SSSR count). The number of hydrogen-bond donors (Lipinski definition) is 2. The second-order valence-corrected chi connectivity index (χ2v) is 20.4. The van der Waals surface area contributed by atoms with Crippen LogP contribution in [0.4, 0.5) is 0 Å². The van der Waals surface area contributed by atoms with Crippen LogP contribution in [0.3, 0.4) is 0 Å². The first-order valence-corrected chi connectivity index (χ1v) is 20.6. The Morgan fingerprint density at radius 1 is 0.551 bits per heavy atom. The normalized spacial score (nSPS) is 13.1. The zero-order chi connectivity index (χ0) is 37.8. The summed E-state index contributed by atoms with van der Waals surface area (Å²) in [6, 6.07) is 3.44. The molecule has 0 unspecified atom stereocenters. The molecule has 49 heavy (non-hydrogen) atoms. The molecular weight excluding hydrogens is 705 g/mol. The van der Waals surface area contributed by atoms with Crippen molar-refractivity contribution in [2.45, 2.75) is 169 Å². The third-order valence-corrected chi connectivity index (χ3v) is 9.86. The molecule has 0 aliphatic rings. The van der Waals surface area contributed by atoms with Crippen molar-refractivity contribution in [3.05, 3.63) is 56.6 Å². The number of benzene rings is 2. The van der Waals surface area contributed by atoms with E-state index in [1.54, 1.807) is 12.1 Å². The molecule has 0 saturated heterocycles. The van der Waals surface area contributed by atoms with Gasteiger partial charge in [0.2, 0.25) is 0 Å². The number of rotatable bonds is 10. The minimum atomic E-state index is -4.69. The smallest absolute Gasteiger partial charge is 0.810 e. The summed E-state index contributed by atoms with van der Waals surface area (Å²) >= 11 is 0. The summed E-state index contributed by atoms with van der Waals surface area (Å²) in [6.07, 6.45) is 4.00. The van der Waals surface area contributed by atoms with Crippen LogP contribution in [0, 0.1) is 0 Å². The van der Waals surface area contributed by atoms with E-state index in [-0.39, 0.29) is 49.7 Å². The van der Waals surface area contributed by atoms with Crippen molar-refractivity contribution in [2.75, 3.05) is 0 Å². The van der Waals surface area contributed by atoms with E-state index >= 15 is 0 Å². The first-order valence-electron chi connectivity index (χ1n) is 17.2. The molecule has 0 aromatic heterocycles. The Hall–Kier alpha value is -1.17. The van der Waals surface area contributed by atoms with E-state index < -0.39 is 27.5 Å². The van der Waals surface area contributed by atoms with Gasteiger partial charge in [-0.2, -0.15) is 0 Å². The largest absolute Gasteiger partial charge is 4.00 e. The Bertz CT molecular complexity index is 1380. The molecule has 2 aromatic rings. The van der Waals surface area contributed by atoms with Gasteiger partial charge in [0.1, 0.15) is 11.5 Å². The Morgan fingerprint density at radius 3 is 1.00 bits per heavy atom. The van der Waals surface area contributed by atoms with Gasteiger partial charge >= 0.3 is 16.5 Å². The maximum absolute atomic E-state index is 11.4. The van der Waals surface area contributed by atoms with Crippen molar-refractivity contribution in [1.82, 2.24) is 0 Å². The first kappa shape index (κ1) is 47.8. The number of phenolic OH excluding ortho intramolecular Hbond substituents is 2. The van der Waals surface area contributed by atoms with Gasteiger partial charge in [0.25, 0.3) is 0 Å². The van der Waals surface area contributed by atoms with Crippen LogP contribution in [0.2, 0.25) is 0 Å². The van der Waals surface area contributed by atoms with Crippen LogP contribution in [-0.2, 0) is 72.4 Å². The van der Waals surface area contributed by atoms with Gasteiger partial charge in [-0.15, -0.1) is 0 Å². The van der Waals surface area contributed by atoms with Gasteiger partial charge < -0.3 is 38.9 Å². The third kappa shape index (κ3) is 14.4. The molecule has 0 amide bonds. The third-order valence-electron chi connectivity index (χ3n) is 8.40. The number of hydrogen-bond acceptors (Lipinski definition) is 8. The summed E-state index contributed by atoms with van der Waals surface area (Å²) in [4.78, 5) is 45.8. The van der Waals surface area contributed by atoms with E-state index in [1.165, 1.54) is 0 Å². The average molecular weight is 768 g/mol. The maximum Gasteiger partial charge on any atom is 4.00 e. The molecular formula is C38H62NiO8P2. The molecule has 0 radical (unpaired) electrons. The van der Waals surface area contributed by atoms with Gasteiger partial charge in [-0.1, -0.05) is 137 Å². The topological polar surface area (TPSA) is 167 Å². The Kier molecular flexibility index (Phi) is 17.2. The molecule has 2 N–H and O–H groups in total. The molecule has 0 aliphatic heterocycles. The van der Waals surface area contributed by atoms with Crippen molar-refractivity contribution in [3.63, 3.8) is 0 Å². The minimum absolute atomic E-state index is 0. The maximum atomic E-state index is 11.4. The van der Waals surface area contributed by atoms with Crippen molar-refractivity contribution < 1.29 is 55.4 Å². The number of unbranched alkanes of at least 4 members (excludes halogenated alkanes) is 2. The van der Waals surface area contributed by atoms with Gasteiger partial charge in [0, 0.05) is 23.5 Å². The van der Waals surface area contributed by atoms with Gasteiger partial charge in [-0.05, 0) is 80.7 Å². The Morgan fingerprint density at radius 2 is 0.816 bits per heavy atom. The fourth-order valence-electron chi connectivity index (χ4n) is 6.27. The fraction of sp³-hybridized carbons (Fsp3) is 0.684. The van der Waals surface area contributed by atoms with Crippen LogP contribution < -0.4 is 19.6 Å². The van der Waals surface area contributed by atoms with Crippen LogP contribution in [-0.4, -0.2) is 10.2 Å². The monoisotopic (exact) mass is 766 g/mol. The van der Waals surface area contributed by atoms with Crippen molar-refractivity contribution in [3.8, 4) is 11.5 Å². The minimum Gasteiger partial charge on any atom is -0.810 e. The Labute approximate surface area is 307 Å². The van der Waals surface area contributed by atoms with Crippen LogP contribution in [0.1, 0.15) is 167 Å². The quantitative estimate of drug-likeness (QED) is 0.185. The molecule has 0 bridgehead atoms. The van der Waals surface area contributed by atoms with E-state index in [0.29, 0.717) is 35.1 Å². The summed E-state index contributed by atoms with van der Waals surface area (Å²) in [5.74, 6) is 0.466. The zero-order valence-electron chi connectivity index (χ0n) is 32.4. The van der Waals surface area contributed by atoms with Gasteiger partial charge in [0.15, 0.2) is 0 Å². The predicted molar refractivity (Wildman–Crippen MR) is 191 cm³/mol. The number of phenols is 2. The summed E-state index contributed by atoms with van der Waals surface area (Å²) in [5.41, 5.74) is 4.26. The average Bonchev–Trinajstić information content (AvgIpc) is 2.84. The SMILES string of the molecule is CCCCc1c(CP(=O)([O-])[O-])cc(C(C)(C)C)c(O)c1C(C)(C)C.CCCCc1c(CP(=O)([O-])[O-])cc(C(C)(C)C)c(O)c1C(C)(C)C.[Ni+4]. The van der Waals surface area contributed by atoms with Gasteiger partial charge in [-0.3, -0.25) is 0 Å². The van der Waals surface area contributed by atoms with Crippen molar-refractivity contribution >= 4 is 15.2 Å². The summed E-state index contributed by atoms with van der Waals surface area (Å²) in [5, 5.41) is 21.9. The second-order valence-electron chi connectivity index (χ2n) is 17.3. The van der Waals surface area contributed by atoms with Crippen molar-refractivity contribution in [2.24, 2.45) is 0 Å². The van der Waals surface area contributed by atoms with E-state index in [4.69, 9.17) is 0 Å². The molecule has 0 saturated carbocycles. The summed E-state index contributed by atoms with van der Waals surface area (Å²) in [6.45, 7) is 28.0. The molecule has 0 fully saturated rings. The molecule has 282 valence electrons. The molecule has 0 aliphatic carbocycles. The van der Waals surface area contributed by atoms with Crippen LogP contribution in [0.5, 0.6) is 11.5 Å². The van der Waals surface area contributed by atoms with E-state index in [2.05, 4.69) is 13.8 Å².